The van der Waals surface area contributed by atoms with E-state index in [1.165, 1.54) is 16.3 Å². The number of ether oxygens (including phenoxy) is 1. The van der Waals surface area contributed by atoms with Crippen LogP contribution in [-0.4, -0.2) is 23.9 Å². The van der Waals surface area contributed by atoms with Crippen LogP contribution in [0.4, 0.5) is 5.69 Å². The smallest absolute Gasteiger partial charge is 0.132 e. The molecule has 3 aromatic rings. The van der Waals surface area contributed by atoms with Gasteiger partial charge in [-0.2, -0.15) is 0 Å². The lowest BCUT2D eigenvalue weighted by molar-refractivity contribution is 0.0858. The van der Waals surface area contributed by atoms with E-state index in [0.29, 0.717) is 0 Å². The number of benzene rings is 3. The van der Waals surface area contributed by atoms with Crippen molar-refractivity contribution in [1.82, 2.24) is 0 Å². The van der Waals surface area contributed by atoms with Crippen LogP contribution in [0.2, 0.25) is 0 Å². The number of methoxy groups -OCH3 is 1. The Balaban J connectivity index is 2.03. The Morgan fingerprint density at radius 3 is 2.48 bits per heavy atom. The van der Waals surface area contributed by atoms with Gasteiger partial charge in [-0.25, -0.2) is 0 Å². The van der Waals surface area contributed by atoms with Crippen LogP contribution in [0.5, 0.6) is 5.75 Å². The summed E-state index contributed by atoms with van der Waals surface area (Å²) in [7, 11) is 1.72. The van der Waals surface area contributed by atoms with Gasteiger partial charge < -0.3 is 15.2 Å². The van der Waals surface area contributed by atoms with E-state index in [2.05, 4.69) is 67.7 Å². The zero-order chi connectivity index (χ0) is 19.3. The van der Waals surface area contributed by atoms with E-state index in [1.807, 2.05) is 13.8 Å². The third-order valence-electron chi connectivity index (χ3n) is 5.91. The molecule has 0 bridgehead atoms. The highest BCUT2D eigenvalue weighted by atomic mass is 16.5. The highest BCUT2D eigenvalue weighted by Gasteiger charge is 2.41. The number of anilines is 1. The molecule has 0 saturated carbocycles. The molecule has 0 spiro atoms. The van der Waals surface area contributed by atoms with Crippen molar-refractivity contribution in [2.24, 2.45) is 0 Å². The van der Waals surface area contributed by atoms with E-state index >= 15 is 0 Å². The predicted molar refractivity (Wildman–Crippen MR) is 113 cm³/mol. The lowest BCUT2D eigenvalue weighted by atomic mass is 9.76. The van der Waals surface area contributed by atoms with E-state index < -0.39 is 6.10 Å². The Morgan fingerprint density at radius 1 is 1.04 bits per heavy atom. The van der Waals surface area contributed by atoms with Crippen LogP contribution < -0.4 is 10.1 Å². The van der Waals surface area contributed by atoms with E-state index in [4.69, 9.17) is 4.74 Å². The van der Waals surface area contributed by atoms with Crippen molar-refractivity contribution in [3.05, 3.63) is 59.7 Å². The van der Waals surface area contributed by atoms with Gasteiger partial charge in [0.05, 0.1) is 18.8 Å². The van der Waals surface area contributed by atoms with Crippen molar-refractivity contribution in [2.75, 3.05) is 12.4 Å². The SMILES string of the molecule is COc1c(-c2cccc3ccccc23)cc(C)c2c1[C@@H](C)[C@H](O)C(C)(C)N2. The number of aliphatic hydroxyl groups is 1. The normalized spacial score (nSPS) is 20.8. The Labute approximate surface area is 161 Å². The number of fused-ring (bicyclic) bond motifs is 2. The molecule has 0 unspecified atom stereocenters. The third kappa shape index (κ3) is 2.69. The van der Waals surface area contributed by atoms with Gasteiger partial charge in [-0.15, -0.1) is 0 Å². The lowest BCUT2D eigenvalue weighted by Gasteiger charge is -2.43. The molecule has 1 aliphatic rings. The molecule has 27 heavy (non-hydrogen) atoms. The van der Waals surface area contributed by atoms with Crippen LogP contribution in [0.15, 0.2) is 48.5 Å². The molecule has 3 aromatic carbocycles. The molecule has 3 nitrogen and oxygen atoms in total. The minimum Gasteiger partial charge on any atom is -0.496 e. The van der Waals surface area contributed by atoms with Gasteiger partial charge in [0.2, 0.25) is 0 Å². The van der Waals surface area contributed by atoms with Crippen LogP contribution in [0.25, 0.3) is 21.9 Å². The Morgan fingerprint density at radius 2 is 1.74 bits per heavy atom. The summed E-state index contributed by atoms with van der Waals surface area (Å²) in [4.78, 5) is 0. The summed E-state index contributed by atoms with van der Waals surface area (Å²) >= 11 is 0. The van der Waals surface area contributed by atoms with Gasteiger partial charge in [0.25, 0.3) is 0 Å². The first-order valence-corrected chi connectivity index (χ1v) is 9.51. The van der Waals surface area contributed by atoms with Crippen LogP contribution in [-0.2, 0) is 0 Å². The zero-order valence-corrected chi connectivity index (χ0v) is 16.6. The van der Waals surface area contributed by atoms with Gasteiger partial charge in [-0.1, -0.05) is 49.4 Å². The Bertz CT molecular complexity index is 1020. The lowest BCUT2D eigenvalue weighted by Crippen LogP contribution is -2.50. The molecule has 0 radical (unpaired) electrons. The summed E-state index contributed by atoms with van der Waals surface area (Å²) in [5.74, 6) is 0.821. The number of rotatable bonds is 2. The second kappa shape index (κ2) is 6.28. The van der Waals surface area contributed by atoms with Crippen LogP contribution in [0.1, 0.15) is 37.8 Å². The average Bonchev–Trinajstić information content (AvgIpc) is 2.66. The summed E-state index contributed by atoms with van der Waals surface area (Å²) in [6, 6.07) is 17.0. The van der Waals surface area contributed by atoms with Gasteiger partial charge in [-0.05, 0) is 48.7 Å². The maximum Gasteiger partial charge on any atom is 0.132 e. The van der Waals surface area contributed by atoms with Gasteiger partial charge >= 0.3 is 0 Å². The summed E-state index contributed by atoms with van der Waals surface area (Å²) in [5, 5.41) is 16.8. The first-order valence-electron chi connectivity index (χ1n) is 9.51. The van der Waals surface area contributed by atoms with Gasteiger partial charge in [0.1, 0.15) is 5.75 Å². The molecule has 1 aliphatic heterocycles. The van der Waals surface area contributed by atoms with Crippen molar-refractivity contribution in [2.45, 2.75) is 45.3 Å². The Hall–Kier alpha value is -2.52. The molecule has 4 rings (SSSR count). The van der Waals surface area contributed by atoms with Gasteiger partial charge in [0.15, 0.2) is 0 Å². The molecule has 0 aliphatic carbocycles. The number of aliphatic hydroxyl groups excluding tert-OH is 1. The predicted octanol–water partition coefficient (Wildman–Crippen LogP) is 5.49. The molecule has 140 valence electrons. The molecule has 1 heterocycles. The first kappa shape index (κ1) is 17.9. The molecular weight excluding hydrogens is 334 g/mol. The van der Waals surface area contributed by atoms with E-state index in [1.54, 1.807) is 7.11 Å². The summed E-state index contributed by atoms with van der Waals surface area (Å²) < 4.78 is 5.94. The summed E-state index contributed by atoms with van der Waals surface area (Å²) in [6.07, 6.45) is -0.499. The monoisotopic (exact) mass is 361 g/mol. The topological polar surface area (TPSA) is 41.5 Å². The molecule has 2 atom stereocenters. The standard InChI is InChI=1S/C24H27NO2/c1-14-13-19(18-12-8-10-16-9-6-7-11-17(16)18)22(27-5)20-15(2)23(26)24(3,4)25-21(14)20/h6-13,15,23,25-26H,1-5H3/t15-,23+/m1/s1. The highest BCUT2D eigenvalue weighted by Crippen LogP contribution is 2.50. The number of nitrogens with one attached hydrogen (secondary N) is 1. The van der Waals surface area contributed by atoms with E-state index in [0.717, 1.165) is 28.1 Å². The van der Waals surface area contributed by atoms with E-state index in [9.17, 15) is 5.11 Å². The van der Waals surface area contributed by atoms with Gasteiger partial charge in [-0.3, -0.25) is 0 Å². The average molecular weight is 361 g/mol. The minimum absolute atomic E-state index is 0.0279. The number of aryl methyl sites for hydroxylation is 1. The second-order valence-electron chi connectivity index (χ2n) is 8.17. The molecule has 0 aromatic heterocycles. The fourth-order valence-corrected chi connectivity index (χ4v) is 4.48. The highest BCUT2D eigenvalue weighted by molar-refractivity contribution is 5.99. The van der Waals surface area contributed by atoms with Crippen molar-refractivity contribution in [3.8, 4) is 16.9 Å². The molecule has 3 heteroatoms. The molecule has 0 saturated heterocycles. The minimum atomic E-state index is -0.499. The summed E-state index contributed by atoms with van der Waals surface area (Å²) in [6.45, 7) is 8.30. The largest absolute Gasteiger partial charge is 0.496 e. The third-order valence-corrected chi connectivity index (χ3v) is 5.91. The fraction of sp³-hybridized carbons (Fsp3) is 0.333. The number of hydrogen-bond donors (Lipinski definition) is 2. The fourth-order valence-electron chi connectivity index (χ4n) is 4.48. The molecular formula is C24H27NO2. The maximum absolute atomic E-state index is 10.9. The van der Waals surface area contributed by atoms with Crippen molar-refractivity contribution in [3.63, 3.8) is 0 Å². The summed E-state index contributed by atoms with van der Waals surface area (Å²) in [5.41, 5.74) is 5.16. The first-order chi connectivity index (χ1) is 12.8. The second-order valence-corrected chi connectivity index (χ2v) is 8.17. The van der Waals surface area contributed by atoms with Gasteiger partial charge in [0, 0.05) is 22.7 Å². The quantitative estimate of drug-likeness (QED) is 0.634. The maximum atomic E-state index is 10.9. The van der Waals surface area contributed by atoms with Crippen molar-refractivity contribution in [1.29, 1.82) is 0 Å². The molecule has 0 fully saturated rings. The van der Waals surface area contributed by atoms with Crippen molar-refractivity contribution >= 4 is 16.5 Å². The van der Waals surface area contributed by atoms with Crippen LogP contribution in [0.3, 0.4) is 0 Å². The van der Waals surface area contributed by atoms with Crippen LogP contribution in [0, 0.1) is 6.92 Å². The molecule has 0 amide bonds. The van der Waals surface area contributed by atoms with Crippen LogP contribution >= 0.6 is 0 Å². The Kier molecular flexibility index (Phi) is 4.15. The zero-order valence-electron chi connectivity index (χ0n) is 16.6. The van der Waals surface area contributed by atoms with Crippen molar-refractivity contribution < 1.29 is 9.84 Å². The molecule has 2 N–H and O–H groups in total. The van der Waals surface area contributed by atoms with E-state index in [-0.39, 0.29) is 11.5 Å². The number of hydrogen-bond acceptors (Lipinski definition) is 3.